The molecule has 0 radical (unpaired) electrons. The van der Waals surface area contributed by atoms with Gasteiger partial charge >= 0.3 is 12.0 Å². The van der Waals surface area contributed by atoms with Gasteiger partial charge in [-0.2, -0.15) is 5.26 Å². The van der Waals surface area contributed by atoms with Crippen molar-refractivity contribution in [3.8, 4) is 23.1 Å². The number of hydrogen-bond acceptors (Lipinski definition) is 5. The van der Waals surface area contributed by atoms with E-state index in [9.17, 15) is 14.9 Å². The Morgan fingerprint density at radius 1 is 1.06 bits per heavy atom. The fourth-order valence-electron chi connectivity index (χ4n) is 3.58. The van der Waals surface area contributed by atoms with Crippen LogP contribution in [0.15, 0.2) is 42.5 Å². The molecule has 0 atom stereocenters. The van der Waals surface area contributed by atoms with Crippen LogP contribution in [0.2, 0.25) is 0 Å². The lowest BCUT2D eigenvalue weighted by molar-refractivity contribution is -0.141. The number of aryl methyl sites for hydroxylation is 1. The van der Waals surface area contributed by atoms with Crippen molar-refractivity contribution >= 4 is 28.6 Å². The van der Waals surface area contributed by atoms with Crippen molar-refractivity contribution in [2.45, 2.75) is 27.3 Å². The Labute approximate surface area is 186 Å². The minimum absolute atomic E-state index is 0.205. The number of amides is 2. The molecule has 8 heteroatoms. The molecule has 0 saturated heterocycles. The number of ether oxygens (including phenoxy) is 2. The van der Waals surface area contributed by atoms with E-state index >= 15 is 0 Å². The van der Waals surface area contributed by atoms with E-state index in [0.29, 0.717) is 24.4 Å². The molecule has 0 fully saturated rings. The Morgan fingerprint density at radius 3 is 2.44 bits per heavy atom. The number of esters is 1. The van der Waals surface area contributed by atoms with Crippen molar-refractivity contribution in [2.24, 2.45) is 0 Å². The van der Waals surface area contributed by atoms with Gasteiger partial charge < -0.3 is 24.7 Å². The number of nitrogens with zero attached hydrogens (tertiary/aromatic N) is 2. The van der Waals surface area contributed by atoms with Gasteiger partial charge in [-0.15, -0.1) is 0 Å². The molecular formula is C24H26N4O4. The van der Waals surface area contributed by atoms with Gasteiger partial charge in [0, 0.05) is 23.7 Å². The molecule has 0 saturated carbocycles. The summed E-state index contributed by atoms with van der Waals surface area (Å²) in [5.74, 6) is 0.263. The van der Waals surface area contributed by atoms with E-state index in [1.165, 1.54) is 0 Å². The number of urea groups is 1. The molecule has 1 aromatic heterocycles. The molecule has 2 aromatic carbocycles. The summed E-state index contributed by atoms with van der Waals surface area (Å²) in [5, 5.41) is 15.9. The van der Waals surface area contributed by atoms with Gasteiger partial charge in [-0.05, 0) is 50.6 Å². The molecule has 0 bridgehead atoms. The molecule has 0 aliphatic heterocycles. The molecule has 32 heavy (non-hydrogen) atoms. The van der Waals surface area contributed by atoms with Crippen molar-refractivity contribution in [2.75, 3.05) is 25.1 Å². The fourth-order valence-corrected chi connectivity index (χ4v) is 3.58. The molecule has 3 rings (SSSR count). The first-order valence-electron chi connectivity index (χ1n) is 10.5. The van der Waals surface area contributed by atoms with Crippen molar-refractivity contribution in [3.63, 3.8) is 0 Å². The van der Waals surface area contributed by atoms with Gasteiger partial charge in [-0.25, -0.2) is 4.79 Å². The Hall–Kier alpha value is -3.99. The highest BCUT2D eigenvalue weighted by atomic mass is 16.5. The zero-order valence-electron chi connectivity index (χ0n) is 18.4. The number of carbonyl (C=O) groups excluding carboxylic acids is 2. The van der Waals surface area contributed by atoms with E-state index in [1.807, 2.05) is 44.2 Å². The van der Waals surface area contributed by atoms with Gasteiger partial charge in [0.05, 0.1) is 30.0 Å². The number of nitriles is 1. The predicted molar refractivity (Wildman–Crippen MR) is 123 cm³/mol. The highest BCUT2D eigenvalue weighted by Gasteiger charge is 2.18. The first kappa shape index (κ1) is 22.7. The summed E-state index contributed by atoms with van der Waals surface area (Å²) < 4.78 is 12.5. The third-order valence-corrected chi connectivity index (χ3v) is 4.89. The van der Waals surface area contributed by atoms with Crippen molar-refractivity contribution in [3.05, 3.63) is 48.0 Å². The third kappa shape index (κ3) is 4.83. The summed E-state index contributed by atoms with van der Waals surface area (Å²) in [4.78, 5) is 23.3. The Morgan fingerprint density at radius 2 is 1.81 bits per heavy atom. The van der Waals surface area contributed by atoms with E-state index < -0.39 is 12.0 Å². The largest absolute Gasteiger partial charge is 0.494 e. The Kier molecular flexibility index (Phi) is 7.34. The lowest BCUT2D eigenvalue weighted by atomic mass is 10.1. The number of aromatic nitrogens is 1. The fraction of sp³-hybridized carbons (Fsp3) is 0.292. The van der Waals surface area contributed by atoms with Gasteiger partial charge in [-0.3, -0.25) is 4.79 Å². The highest BCUT2D eigenvalue weighted by molar-refractivity contribution is 5.96. The summed E-state index contributed by atoms with van der Waals surface area (Å²) in [6.45, 7) is 6.97. The van der Waals surface area contributed by atoms with Gasteiger partial charge in [0.1, 0.15) is 18.4 Å². The molecule has 0 aliphatic rings. The maximum atomic E-state index is 12.0. The zero-order valence-corrected chi connectivity index (χ0v) is 18.4. The molecule has 2 N–H and O–H groups in total. The second-order valence-corrected chi connectivity index (χ2v) is 6.88. The monoisotopic (exact) mass is 434 g/mol. The molecular weight excluding hydrogens is 408 g/mol. The normalized spacial score (nSPS) is 10.4. The second kappa shape index (κ2) is 10.4. The SMILES string of the molecule is CCOC(=O)CNC(=O)Nc1ccc(-c2c(C#N)c3ccc(OCC)cc3n2CC)cc1. The smallest absolute Gasteiger partial charge is 0.325 e. The van der Waals surface area contributed by atoms with Crippen LogP contribution in [-0.2, 0) is 16.1 Å². The first-order valence-corrected chi connectivity index (χ1v) is 10.5. The Balaban J connectivity index is 1.86. The van der Waals surface area contributed by atoms with Crippen LogP contribution in [0.5, 0.6) is 5.75 Å². The van der Waals surface area contributed by atoms with Crippen LogP contribution < -0.4 is 15.4 Å². The van der Waals surface area contributed by atoms with Gasteiger partial charge in [0.25, 0.3) is 0 Å². The maximum Gasteiger partial charge on any atom is 0.325 e. The molecule has 0 aliphatic carbocycles. The number of anilines is 1. The van der Waals surface area contributed by atoms with E-state index in [0.717, 1.165) is 27.9 Å². The standard InChI is InChI=1S/C24H26N4O4/c1-4-28-21-13-18(31-5-2)11-12-19(21)20(14-25)23(28)16-7-9-17(10-8-16)27-24(30)26-15-22(29)32-6-3/h7-13H,4-6,15H2,1-3H3,(H2,26,27,30). The van der Waals surface area contributed by atoms with Crippen LogP contribution >= 0.6 is 0 Å². The number of benzene rings is 2. The van der Waals surface area contributed by atoms with Crippen LogP contribution in [0.4, 0.5) is 10.5 Å². The average molecular weight is 434 g/mol. The molecule has 166 valence electrons. The number of hydrogen-bond donors (Lipinski definition) is 2. The molecule has 8 nitrogen and oxygen atoms in total. The van der Waals surface area contributed by atoms with Gasteiger partial charge in [0.15, 0.2) is 0 Å². The molecule has 0 spiro atoms. The quantitative estimate of drug-likeness (QED) is 0.515. The van der Waals surface area contributed by atoms with E-state index in [4.69, 9.17) is 9.47 Å². The Bertz CT molecular complexity index is 1160. The topological polar surface area (TPSA) is 105 Å². The molecule has 3 aromatic rings. The molecule has 0 unspecified atom stereocenters. The molecule has 2 amide bonds. The number of carbonyl (C=O) groups is 2. The lowest BCUT2D eigenvalue weighted by Crippen LogP contribution is -2.34. The van der Waals surface area contributed by atoms with Crippen LogP contribution in [-0.4, -0.2) is 36.3 Å². The summed E-state index contributed by atoms with van der Waals surface area (Å²) >= 11 is 0. The van der Waals surface area contributed by atoms with Crippen molar-refractivity contribution < 1.29 is 19.1 Å². The number of nitrogens with one attached hydrogen (secondary N) is 2. The molecule has 1 heterocycles. The van der Waals surface area contributed by atoms with Crippen molar-refractivity contribution in [1.29, 1.82) is 5.26 Å². The minimum atomic E-state index is -0.505. The number of rotatable bonds is 8. The zero-order chi connectivity index (χ0) is 23.1. The minimum Gasteiger partial charge on any atom is -0.494 e. The summed E-state index contributed by atoms with van der Waals surface area (Å²) in [6, 6.07) is 14.8. The van der Waals surface area contributed by atoms with Crippen LogP contribution in [0.25, 0.3) is 22.2 Å². The third-order valence-electron chi connectivity index (χ3n) is 4.89. The van der Waals surface area contributed by atoms with E-state index in [-0.39, 0.29) is 13.2 Å². The predicted octanol–water partition coefficient (Wildman–Crippen LogP) is 4.28. The number of fused-ring (bicyclic) bond motifs is 1. The summed E-state index contributed by atoms with van der Waals surface area (Å²) in [5.41, 5.74) is 3.77. The van der Waals surface area contributed by atoms with E-state index in [1.54, 1.807) is 19.1 Å². The van der Waals surface area contributed by atoms with E-state index in [2.05, 4.69) is 21.3 Å². The van der Waals surface area contributed by atoms with Crippen molar-refractivity contribution in [1.82, 2.24) is 9.88 Å². The van der Waals surface area contributed by atoms with Crippen LogP contribution in [0.3, 0.4) is 0 Å². The average Bonchev–Trinajstić information content (AvgIpc) is 3.11. The maximum absolute atomic E-state index is 12.0. The van der Waals surface area contributed by atoms with Crippen LogP contribution in [0.1, 0.15) is 26.3 Å². The first-order chi connectivity index (χ1) is 15.5. The highest BCUT2D eigenvalue weighted by Crippen LogP contribution is 2.35. The van der Waals surface area contributed by atoms with Crippen LogP contribution in [0, 0.1) is 11.3 Å². The summed E-state index contributed by atoms with van der Waals surface area (Å²) in [7, 11) is 0. The van der Waals surface area contributed by atoms with Gasteiger partial charge in [-0.1, -0.05) is 12.1 Å². The summed E-state index contributed by atoms with van der Waals surface area (Å²) in [6.07, 6.45) is 0. The van der Waals surface area contributed by atoms with Gasteiger partial charge in [0.2, 0.25) is 0 Å². The second-order valence-electron chi connectivity index (χ2n) is 6.88. The lowest BCUT2D eigenvalue weighted by Gasteiger charge is -2.11.